The molecule has 142 valence electrons. The summed E-state index contributed by atoms with van der Waals surface area (Å²) in [6.07, 6.45) is 1.82. The second kappa shape index (κ2) is 6.56. The van der Waals surface area contributed by atoms with Gasteiger partial charge in [-0.05, 0) is 48.1 Å². The molecule has 3 aromatic rings. The van der Waals surface area contributed by atoms with Gasteiger partial charge < -0.3 is 0 Å². The molecule has 2 amide bonds. The van der Waals surface area contributed by atoms with Crippen molar-refractivity contribution in [2.45, 2.75) is 36.5 Å². The first kappa shape index (κ1) is 18.4. The number of aryl methyl sites for hydroxylation is 2. The van der Waals surface area contributed by atoms with Gasteiger partial charge in [-0.1, -0.05) is 43.7 Å². The molecule has 0 aromatic heterocycles. The van der Waals surface area contributed by atoms with Crippen LogP contribution in [0.2, 0.25) is 0 Å². The predicted molar refractivity (Wildman–Crippen MR) is 106 cm³/mol. The lowest BCUT2D eigenvalue weighted by Crippen LogP contribution is -2.35. The maximum Gasteiger partial charge on any atom is 0.259 e. The number of sulfone groups is 1. The molecule has 0 saturated carbocycles. The van der Waals surface area contributed by atoms with Crippen LogP contribution in [0.5, 0.6) is 0 Å². The number of fused-ring (bicyclic) bond motifs is 1. The van der Waals surface area contributed by atoms with E-state index in [-0.39, 0.29) is 11.8 Å². The molecule has 6 heteroatoms. The van der Waals surface area contributed by atoms with E-state index in [1.54, 1.807) is 18.2 Å². The largest absolute Gasteiger partial charge is 0.288 e. The average molecular weight is 393 g/mol. The maximum absolute atomic E-state index is 12.0. The normalized spacial score (nSPS) is 15.4. The Morgan fingerprint density at radius 1 is 0.929 bits per heavy atom. The minimum absolute atomic E-state index is 0.271. The summed E-state index contributed by atoms with van der Waals surface area (Å²) in [6, 6.07) is 14.7. The van der Waals surface area contributed by atoms with E-state index in [0.717, 1.165) is 34.7 Å². The van der Waals surface area contributed by atoms with Crippen LogP contribution in [0.4, 0.5) is 0 Å². The lowest BCUT2D eigenvalue weighted by Gasteiger charge is -2.19. The molecule has 2 aliphatic heterocycles. The van der Waals surface area contributed by atoms with E-state index >= 15 is 0 Å². The Labute approximate surface area is 163 Å². The van der Waals surface area contributed by atoms with Gasteiger partial charge in [0.05, 0.1) is 15.4 Å². The molecular weight excluding hydrogens is 374 g/mol. The van der Waals surface area contributed by atoms with Crippen molar-refractivity contribution in [2.75, 3.05) is 0 Å². The number of amides is 2. The van der Waals surface area contributed by atoms with Crippen molar-refractivity contribution in [1.29, 1.82) is 0 Å². The molecule has 0 bridgehead atoms. The van der Waals surface area contributed by atoms with Gasteiger partial charge >= 0.3 is 0 Å². The summed E-state index contributed by atoms with van der Waals surface area (Å²) >= 11 is 0. The van der Waals surface area contributed by atoms with Gasteiger partial charge in [-0.2, -0.15) is 0 Å². The molecule has 5 nitrogen and oxygen atoms in total. The highest BCUT2D eigenvalue weighted by Gasteiger charge is 2.38. The first-order valence-corrected chi connectivity index (χ1v) is 10.6. The molecule has 2 aliphatic rings. The van der Waals surface area contributed by atoms with E-state index in [2.05, 4.69) is 12.2 Å². The van der Waals surface area contributed by atoms with Crippen molar-refractivity contribution in [3.05, 3.63) is 70.8 Å². The zero-order chi connectivity index (χ0) is 20.1. The number of carbonyl (C=O) groups is 2. The number of carbonyl (C=O) groups excluding carboxylic acids is 2. The summed E-state index contributed by atoms with van der Waals surface area (Å²) < 4.78 is 21.8. The molecule has 0 aliphatic carbocycles. The molecule has 0 unspecified atom stereocenters. The van der Waals surface area contributed by atoms with Gasteiger partial charge in [0, 0.05) is 10.9 Å². The fourth-order valence-corrected chi connectivity index (χ4v) is 4.95. The summed E-state index contributed by atoms with van der Waals surface area (Å²) in [7, 11) is -2.90. The lowest BCUT2D eigenvalue weighted by atomic mass is 9.90. The van der Waals surface area contributed by atoms with Crippen molar-refractivity contribution < 1.29 is 18.0 Å². The minimum atomic E-state index is -2.90. The Hall–Kier alpha value is -2.99. The molecular formula is C22H19NO4S. The Bertz CT molecular complexity index is 1260. The summed E-state index contributed by atoms with van der Waals surface area (Å²) in [4.78, 5) is 24.9. The van der Waals surface area contributed by atoms with E-state index in [0.29, 0.717) is 20.9 Å². The molecule has 3 aromatic carbocycles. The van der Waals surface area contributed by atoms with Gasteiger partial charge in [0.25, 0.3) is 11.8 Å². The maximum atomic E-state index is 12.0. The number of nitrogens with one attached hydrogen (secondary N) is 1. The van der Waals surface area contributed by atoms with Crippen LogP contribution in [0.3, 0.4) is 0 Å². The van der Waals surface area contributed by atoms with Crippen LogP contribution in [0.15, 0.2) is 58.3 Å². The summed E-state index contributed by atoms with van der Waals surface area (Å²) in [5.74, 6) is -0.570. The number of benzene rings is 3. The van der Waals surface area contributed by atoms with Gasteiger partial charge in [0.1, 0.15) is 0 Å². The quantitative estimate of drug-likeness (QED) is 0.415. The van der Waals surface area contributed by atoms with Gasteiger partial charge in [0.15, 0.2) is 0 Å². The van der Waals surface area contributed by atoms with Gasteiger partial charge in [-0.25, -0.2) is 8.42 Å². The number of hydrogen-bond donors (Lipinski definition) is 1. The molecule has 0 radical (unpaired) electrons. The molecule has 2 heterocycles. The smallest absolute Gasteiger partial charge is 0.259 e. The van der Waals surface area contributed by atoms with Crippen LogP contribution in [-0.4, -0.2) is 20.2 Å². The topological polar surface area (TPSA) is 80.3 Å². The minimum Gasteiger partial charge on any atom is -0.288 e. The molecule has 1 N–H and O–H groups in total. The highest BCUT2D eigenvalue weighted by Crippen LogP contribution is 2.40. The molecule has 0 atom stereocenters. The van der Waals surface area contributed by atoms with Gasteiger partial charge in [-0.15, -0.1) is 0 Å². The summed E-state index contributed by atoms with van der Waals surface area (Å²) in [5, 5.41) is 4.17. The third kappa shape index (κ3) is 2.90. The van der Waals surface area contributed by atoms with Crippen LogP contribution in [-0.2, 0) is 16.3 Å². The van der Waals surface area contributed by atoms with Crippen molar-refractivity contribution >= 4 is 32.4 Å². The third-order valence-electron chi connectivity index (χ3n) is 4.99. The van der Waals surface area contributed by atoms with Crippen LogP contribution < -0.4 is 5.32 Å². The fraction of sp³-hybridized carbons (Fsp3) is 0.182. The zero-order valence-electron chi connectivity index (χ0n) is 15.6. The van der Waals surface area contributed by atoms with Gasteiger partial charge in [0.2, 0.25) is 9.84 Å². The highest BCUT2D eigenvalue weighted by atomic mass is 32.2. The molecule has 28 heavy (non-hydrogen) atoms. The first-order valence-electron chi connectivity index (χ1n) is 9.10. The molecule has 5 rings (SSSR count). The van der Waals surface area contributed by atoms with Crippen molar-refractivity contribution in [1.82, 2.24) is 5.32 Å². The Morgan fingerprint density at radius 2 is 1.71 bits per heavy atom. The Kier molecular flexibility index (Phi) is 4.31. The first-order chi connectivity index (χ1) is 13.3. The monoisotopic (exact) mass is 393 g/mol. The van der Waals surface area contributed by atoms with E-state index in [4.69, 9.17) is 0 Å². The lowest BCUT2D eigenvalue weighted by molar-refractivity contribution is 0.0844. The van der Waals surface area contributed by atoms with E-state index in [1.807, 2.05) is 37.3 Å². The number of hydrogen-bond acceptors (Lipinski definition) is 4. The van der Waals surface area contributed by atoms with E-state index in [1.165, 1.54) is 0 Å². The second-order valence-corrected chi connectivity index (χ2v) is 8.88. The highest BCUT2D eigenvalue weighted by molar-refractivity contribution is 7.97. The van der Waals surface area contributed by atoms with Crippen LogP contribution in [0.25, 0.3) is 10.8 Å². The number of imide groups is 1. The van der Waals surface area contributed by atoms with E-state index in [9.17, 15) is 18.0 Å². The van der Waals surface area contributed by atoms with Crippen LogP contribution in [0, 0.1) is 6.92 Å². The predicted octanol–water partition coefficient (Wildman–Crippen LogP) is 3.82. The second-order valence-electron chi connectivity index (χ2n) is 6.99. The Morgan fingerprint density at radius 3 is 2.39 bits per heavy atom. The third-order valence-corrected chi connectivity index (χ3v) is 6.63. The van der Waals surface area contributed by atoms with Crippen molar-refractivity contribution in [3.8, 4) is 0 Å². The molecule has 0 spiro atoms. The van der Waals surface area contributed by atoms with Crippen molar-refractivity contribution in [3.63, 3.8) is 0 Å². The Balaban J connectivity index is 0.000000162. The van der Waals surface area contributed by atoms with Crippen LogP contribution >= 0.6 is 0 Å². The summed E-state index contributed by atoms with van der Waals surface area (Å²) in [6.45, 7) is 3.96. The SMILES string of the molecule is CCCc1ccc2cccc3c2c1C(=O)NC3=O.Cc1ccc2c(c1)S2(=O)=O. The molecule has 0 fully saturated rings. The summed E-state index contributed by atoms with van der Waals surface area (Å²) in [5.41, 5.74) is 3.28. The standard InChI is InChI=1S/C15H13NO2.C7H6O2S/c1-2-4-9-7-8-10-5-3-6-11-12(10)13(9)15(18)16-14(11)17;1-5-2-3-6-7(4-5)10(6,8)9/h3,5-8H,2,4H2,1H3,(H,16,17,18);2-4H,1H3. The van der Waals surface area contributed by atoms with E-state index < -0.39 is 9.84 Å². The average Bonchev–Trinajstić information content (AvgIpc) is 3.20. The van der Waals surface area contributed by atoms with Crippen LogP contribution in [0.1, 0.15) is 45.2 Å². The fourth-order valence-electron chi connectivity index (χ4n) is 3.59. The van der Waals surface area contributed by atoms with Crippen molar-refractivity contribution in [2.24, 2.45) is 0 Å². The molecule has 0 saturated heterocycles. The zero-order valence-corrected chi connectivity index (χ0v) is 16.4. The van der Waals surface area contributed by atoms with Gasteiger partial charge in [-0.3, -0.25) is 14.9 Å². The number of rotatable bonds is 2.